The molecule has 0 heterocycles. The lowest BCUT2D eigenvalue weighted by molar-refractivity contribution is -0.121. The van der Waals surface area contributed by atoms with E-state index in [1.165, 1.54) is 6.07 Å². The first-order valence-electron chi connectivity index (χ1n) is 5.76. The highest BCUT2D eigenvalue weighted by Crippen LogP contribution is 2.24. The second kappa shape index (κ2) is 5.85. The van der Waals surface area contributed by atoms with Gasteiger partial charge in [-0.2, -0.15) is 5.26 Å². The predicted octanol–water partition coefficient (Wildman–Crippen LogP) is 2.67. The molecule has 0 spiro atoms. The normalized spacial score (nSPS) is 10.8. The minimum Gasteiger partial charge on any atom is -0.323 e. The Morgan fingerprint density at radius 1 is 1.50 bits per heavy atom. The fourth-order valence-corrected chi connectivity index (χ4v) is 1.73. The largest absolute Gasteiger partial charge is 0.323 e. The van der Waals surface area contributed by atoms with Crippen molar-refractivity contribution in [2.24, 2.45) is 5.73 Å². The Morgan fingerprint density at radius 3 is 2.56 bits per heavy atom. The smallest absolute Gasteiger partial charge is 0.244 e. The molecule has 0 aromatic heterocycles. The number of rotatable bonds is 4. The third-order valence-electron chi connectivity index (χ3n) is 3.06. The zero-order valence-electron chi connectivity index (χ0n) is 10.5. The van der Waals surface area contributed by atoms with Crippen molar-refractivity contribution in [2.45, 2.75) is 32.2 Å². The van der Waals surface area contributed by atoms with Crippen LogP contribution in [-0.2, 0) is 4.79 Å². The molecule has 0 saturated carbocycles. The van der Waals surface area contributed by atoms with Crippen molar-refractivity contribution in [3.63, 3.8) is 0 Å². The van der Waals surface area contributed by atoms with Crippen molar-refractivity contribution in [2.75, 3.05) is 5.32 Å². The van der Waals surface area contributed by atoms with Crippen molar-refractivity contribution in [1.29, 1.82) is 5.26 Å². The summed E-state index contributed by atoms with van der Waals surface area (Å²) in [4.78, 5) is 12.0. The van der Waals surface area contributed by atoms with E-state index in [-0.39, 0.29) is 5.91 Å². The molecule has 5 heteroatoms. The predicted molar refractivity (Wildman–Crippen MR) is 72.3 cm³/mol. The maximum Gasteiger partial charge on any atom is 0.244 e. The highest BCUT2D eigenvalue weighted by atomic mass is 35.5. The molecule has 1 rings (SSSR count). The average Bonchev–Trinajstić information content (AvgIpc) is 2.39. The average molecular weight is 266 g/mol. The SMILES string of the molecule is CCC(N)(CC)C(=O)Nc1ccc(C#N)cc1Cl. The number of nitrogens with two attached hydrogens (primary N) is 1. The van der Waals surface area contributed by atoms with Gasteiger partial charge in [0.1, 0.15) is 0 Å². The second-order valence-electron chi connectivity index (χ2n) is 4.12. The Labute approximate surface area is 112 Å². The molecular formula is C13H16ClN3O. The Kier molecular flexibility index (Phi) is 4.71. The number of carbonyl (C=O) groups excluding carboxylic acids is 1. The Balaban J connectivity index is 2.92. The summed E-state index contributed by atoms with van der Waals surface area (Å²) in [5.41, 5.74) is 6.01. The maximum absolute atomic E-state index is 12.0. The standard InChI is InChI=1S/C13H16ClN3O/c1-3-13(16,4-2)12(18)17-11-6-5-9(8-15)7-10(11)14/h5-7H,3-4,16H2,1-2H3,(H,17,18). The lowest BCUT2D eigenvalue weighted by Crippen LogP contribution is -2.50. The summed E-state index contributed by atoms with van der Waals surface area (Å²) in [5, 5.41) is 11.8. The van der Waals surface area contributed by atoms with Gasteiger partial charge in [0, 0.05) is 0 Å². The van der Waals surface area contributed by atoms with E-state index in [4.69, 9.17) is 22.6 Å². The van der Waals surface area contributed by atoms with E-state index in [2.05, 4.69) is 5.32 Å². The van der Waals surface area contributed by atoms with Gasteiger partial charge in [0.15, 0.2) is 0 Å². The van der Waals surface area contributed by atoms with Crippen LogP contribution < -0.4 is 11.1 Å². The Bertz CT molecular complexity index is 489. The summed E-state index contributed by atoms with van der Waals surface area (Å²) in [6, 6.07) is 6.68. The lowest BCUT2D eigenvalue weighted by Gasteiger charge is -2.25. The summed E-state index contributed by atoms with van der Waals surface area (Å²) in [5.74, 6) is -0.265. The Hall–Kier alpha value is -1.57. The highest BCUT2D eigenvalue weighted by molar-refractivity contribution is 6.33. The molecular weight excluding hydrogens is 250 g/mol. The van der Waals surface area contributed by atoms with Crippen molar-refractivity contribution in [3.05, 3.63) is 28.8 Å². The van der Waals surface area contributed by atoms with Crippen LogP contribution >= 0.6 is 11.6 Å². The number of carbonyl (C=O) groups is 1. The van der Waals surface area contributed by atoms with Gasteiger partial charge < -0.3 is 11.1 Å². The molecule has 0 radical (unpaired) electrons. The first kappa shape index (κ1) is 14.5. The van der Waals surface area contributed by atoms with E-state index in [1.54, 1.807) is 12.1 Å². The van der Waals surface area contributed by atoms with Crippen LogP contribution in [0.1, 0.15) is 32.3 Å². The molecule has 0 aliphatic carbocycles. The van der Waals surface area contributed by atoms with Crippen LogP contribution in [0.3, 0.4) is 0 Å². The first-order chi connectivity index (χ1) is 8.46. The van der Waals surface area contributed by atoms with Crippen LogP contribution in [0.4, 0.5) is 5.69 Å². The minimum atomic E-state index is -0.892. The van der Waals surface area contributed by atoms with E-state index in [0.717, 1.165) is 0 Å². The summed E-state index contributed by atoms with van der Waals surface area (Å²) >= 11 is 5.98. The quantitative estimate of drug-likeness (QED) is 0.878. The van der Waals surface area contributed by atoms with Crippen LogP contribution in [-0.4, -0.2) is 11.4 Å². The van der Waals surface area contributed by atoms with Gasteiger partial charge >= 0.3 is 0 Å². The molecule has 1 amide bonds. The number of nitrogens with one attached hydrogen (secondary N) is 1. The number of halogens is 1. The number of benzene rings is 1. The summed E-state index contributed by atoms with van der Waals surface area (Å²) in [6.07, 6.45) is 1.09. The molecule has 3 N–H and O–H groups in total. The number of nitriles is 1. The van der Waals surface area contributed by atoms with Gasteiger partial charge in [-0.05, 0) is 31.0 Å². The second-order valence-corrected chi connectivity index (χ2v) is 4.53. The number of hydrogen-bond acceptors (Lipinski definition) is 3. The van der Waals surface area contributed by atoms with E-state index in [9.17, 15) is 4.79 Å². The van der Waals surface area contributed by atoms with Gasteiger partial charge in [-0.3, -0.25) is 4.79 Å². The first-order valence-corrected chi connectivity index (χ1v) is 6.14. The van der Waals surface area contributed by atoms with E-state index in [0.29, 0.717) is 29.1 Å². The molecule has 0 aliphatic rings. The summed E-state index contributed by atoms with van der Waals surface area (Å²) in [7, 11) is 0. The molecule has 1 aromatic rings. The number of hydrogen-bond donors (Lipinski definition) is 2. The zero-order chi connectivity index (χ0) is 13.8. The monoisotopic (exact) mass is 265 g/mol. The van der Waals surface area contributed by atoms with Crippen LogP contribution in [0.5, 0.6) is 0 Å². The number of amides is 1. The van der Waals surface area contributed by atoms with Crippen LogP contribution in [0.25, 0.3) is 0 Å². The molecule has 96 valence electrons. The van der Waals surface area contributed by atoms with Crippen LogP contribution in [0.15, 0.2) is 18.2 Å². The molecule has 0 atom stereocenters. The van der Waals surface area contributed by atoms with Gasteiger partial charge in [0.2, 0.25) is 5.91 Å². The van der Waals surface area contributed by atoms with Crippen molar-refractivity contribution >= 4 is 23.2 Å². The van der Waals surface area contributed by atoms with Gasteiger partial charge in [0.05, 0.1) is 27.9 Å². The molecule has 1 aromatic carbocycles. The molecule has 0 saturated heterocycles. The van der Waals surface area contributed by atoms with Gasteiger partial charge in [-0.1, -0.05) is 25.4 Å². The lowest BCUT2D eigenvalue weighted by atomic mass is 9.93. The van der Waals surface area contributed by atoms with E-state index < -0.39 is 5.54 Å². The summed E-state index contributed by atoms with van der Waals surface area (Å²) < 4.78 is 0. The fraction of sp³-hybridized carbons (Fsp3) is 0.385. The zero-order valence-corrected chi connectivity index (χ0v) is 11.2. The molecule has 0 fully saturated rings. The highest BCUT2D eigenvalue weighted by Gasteiger charge is 2.30. The molecule has 4 nitrogen and oxygen atoms in total. The third-order valence-corrected chi connectivity index (χ3v) is 3.37. The molecule has 0 aliphatic heterocycles. The van der Waals surface area contributed by atoms with E-state index >= 15 is 0 Å². The minimum absolute atomic E-state index is 0.265. The maximum atomic E-state index is 12.0. The van der Waals surface area contributed by atoms with Crippen molar-refractivity contribution < 1.29 is 4.79 Å². The molecule has 0 unspecified atom stereocenters. The summed E-state index contributed by atoms with van der Waals surface area (Å²) in [6.45, 7) is 3.73. The van der Waals surface area contributed by atoms with Crippen molar-refractivity contribution in [3.8, 4) is 6.07 Å². The van der Waals surface area contributed by atoms with Gasteiger partial charge in [0.25, 0.3) is 0 Å². The van der Waals surface area contributed by atoms with Gasteiger partial charge in [-0.15, -0.1) is 0 Å². The van der Waals surface area contributed by atoms with Crippen LogP contribution in [0, 0.1) is 11.3 Å². The molecule has 0 bridgehead atoms. The number of nitrogens with zero attached hydrogens (tertiary/aromatic N) is 1. The molecule has 18 heavy (non-hydrogen) atoms. The van der Waals surface area contributed by atoms with E-state index in [1.807, 2.05) is 19.9 Å². The van der Waals surface area contributed by atoms with Gasteiger partial charge in [-0.25, -0.2) is 0 Å². The Morgan fingerprint density at radius 2 is 2.11 bits per heavy atom. The fourth-order valence-electron chi connectivity index (χ4n) is 1.50. The van der Waals surface area contributed by atoms with Crippen molar-refractivity contribution in [1.82, 2.24) is 0 Å². The third kappa shape index (κ3) is 3.00. The topological polar surface area (TPSA) is 78.9 Å². The number of anilines is 1. The van der Waals surface area contributed by atoms with Crippen LogP contribution in [0.2, 0.25) is 5.02 Å².